The number of unbranched alkanes of at least 4 members (excludes halogenated alkanes) is 1. The van der Waals surface area contributed by atoms with E-state index in [0.29, 0.717) is 35.6 Å². The Bertz CT molecular complexity index is 1970. The molecule has 3 aromatic heterocycles. The molecule has 6 rings (SSSR count). The third kappa shape index (κ3) is 5.19. The van der Waals surface area contributed by atoms with Crippen molar-refractivity contribution in [3.8, 4) is 28.2 Å². The van der Waals surface area contributed by atoms with Crippen LogP contribution >= 0.6 is 0 Å². The first-order valence-corrected chi connectivity index (χ1v) is 14.3. The molecule has 0 fully saturated rings. The number of nitrogens with zero attached hydrogens (tertiary/aromatic N) is 7. The molecule has 0 bridgehead atoms. The van der Waals surface area contributed by atoms with E-state index in [9.17, 15) is 9.59 Å². The molecular formula is C32H32N8O3. The minimum Gasteiger partial charge on any atom is -0.361 e. The van der Waals surface area contributed by atoms with Crippen LogP contribution in [-0.4, -0.2) is 46.4 Å². The van der Waals surface area contributed by atoms with Crippen molar-refractivity contribution in [2.24, 2.45) is 0 Å². The molecular weight excluding hydrogens is 544 g/mol. The Labute approximate surface area is 247 Å². The van der Waals surface area contributed by atoms with Gasteiger partial charge in [-0.05, 0) is 47.4 Å². The molecule has 3 heterocycles. The fourth-order valence-electron chi connectivity index (χ4n) is 5.37. The molecule has 3 aromatic carbocycles. The lowest BCUT2D eigenvalue weighted by Gasteiger charge is -2.17. The molecule has 1 N–H and O–H groups in total. The lowest BCUT2D eigenvalue weighted by Crippen LogP contribution is -2.41. The van der Waals surface area contributed by atoms with Crippen molar-refractivity contribution in [1.82, 2.24) is 39.3 Å². The zero-order chi connectivity index (χ0) is 29.9. The molecule has 1 atom stereocenters. The highest BCUT2D eigenvalue weighted by Gasteiger charge is 2.24. The normalized spacial score (nSPS) is 12.2. The van der Waals surface area contributed by atoms with Gasteiger partial charge >= 0.3 is 5.69 Å². The number of tetrazole rings is 1. The van der Waals surface area contributed by atoms with Crippen molar-refractivity contribution >= 4 is 11.2 Å². The summed E-state index contributed by atoms with van der Waals surface area (Å²) in [5, 5.41) is 14.5. The number of aromatic nitrogens is 8. The Balaban J connectivity index is 1.49. The maximum absolute atomic E-state index is 14.1. The average Bonchev–Trinajstić information content (AvgIpc) is 3.70. The molecule has 218 valence electrons. The number of imidazole rings is 1. The predicted octanol–water partition coefficient (Wildman–Crippen LogP) is 4.75. The molecule has 0 aliphatic heterocycles. The Morgan fingerprint density at radius 3 is 2.33 bits per heavy atom. The van der Waals surface area contributed by atoms with Crippen molar-refractivity contribution < 1.29 is 4.74 Å². The van der Waals surface area contributed by atoms with Crippen LogP contribution in [0, 0.1) is 0 Å². The summed E-state index contributed by atoms with van der Waals surface area (Å²) in [6.07, 6.45) is 1.90. The number of rotatable bonds is 10. The third-order valence-corrected chi connectivity index (χ3v) is 7.65. The number of fused-ring (bicyclic) bond motifs is 1. The Kier molecular flexibility index (Phi) is 7.80. The highest BCUT2D eigenvalue weighted by Crippen LogP contribution is 2.30. The van der Waals surface area contributed by atoms with Gasteiger partial charge in [-0.15, -0.1) is 10.2 Å². The van der Waals surface area contributed by atoms with Gasteiger partial charge in [-0.2, -0.15) is 5.21 Å². The van der Waals surface area contributed by atoms with Gasteiger partial charge in [-0.1, -0.05) is 80.1 Å². The molecule has 0 spiro atoms. The van der Waals surface area contributed by atoms with Crippen LogP contribution in [0.3, 0.4) is 0 Å². The van der Waals surface area contributed by atoms with Crippen LogP contribution in [0.4, 0.5) is 0 Å². The average molecular weight is 577 g/mol. The number of methoxy groups -OCH3 is 1. The standard InChI is InChI=1S/C32H32N8O3/c1-4-5-15-27-33-30-28(31(41)40(24-11-7-6-8-12-24)32(42)39(30)21(2)43-3)38(27)20-22-16-18-23(19-17-22)25-13-9-10-14-26(25)29-34-36-37-35-29/h6-14,16-19,21H,4-5,15,20H2,1-3H3,(H,34,35,36,37). The quantitative estimate of drug-likeness (QED) is 0.249. The molecule has 11 heteroatoms. The smallest absolute Gasteiger partial charge is 0.339 e. The zero-order valence-electron chi connectivity index (χ0n) is 24.3. The van der Waals surface area contributed by atoms with Gasteiger partial charge in [0.25, 0.3) is 5.56 Å². The fraction of sp³-hybridized carbons (Fsp3) is 0.250. The lowest BCUT2D eigenvalue weighted by atomic mass is 9.98. The molecule has 43 heavy (non-hydrogen) atoms. The third-order valence-electron chi connectivity index (χ3n) is 7.65. The number of H-pyrrole nitrogens is 1. The molecule has 0 amide bonds. The number of aromatic amines is 1. The SMILES string of the molecule is CCCCc1nc2c(c(=O)n(-c3ccccc3)c(=O)n2C(C)OC)n1Cc1ccc(-c2ccccc2-c2nn[nH]n2)cc1. The van der Waals surface area contributed by atoms with Crippen molar-refractivity contribution in [2.75, 3.05) is 7.11 Å². The highest BCUT2D eigenvalue weighted by molar-refractivity contribution is 5.80. The Morgan fingerprint density at radius 2 is 1.65 bits per heavy atom. The minimum absolute atomic E-state index is 0.327. The van der Waals surface area contributed by atoms with Crippen molar-refractivity contribution in [3.05, 3.63) is 111 Å². The lowest BCUT2D eigenvalue weighted by molar-refractivity contribution is 0.0591. The van der Waals surface area contributed by atoms with Gasteiger partial charge in [0, 0.05) is 25.6 Å². The molecule has 1 unspecified atom stereocenters. The van der Waals surface area contributed by atoms with Gasteiger partial charge in [0.15, 0.2) is 11.2 Å². The van der Waals surface area contributed by atoms with Crippen LogP contribution in [0.25, 0.3) is 39.4 Å². The number of nitrogens with one attached hydrogen (secondary N) is 1. The van der Waals surface area contributed by atoms with E-state index >= 15 is 0 Å². The highest BCUT2D eigenvalue weighted by atomic mass is 16.5. The summed E-state index contributed by atoms with van der Waals surface area (Å²) in [5.41, 5.74) is 4.12. The largest absolute Gasteiger partial charge is 0.361 e. The maximum Gasteiger partial charge on any atom is 0.339 e. The number of hydrogen-bond donors (Lipinski definition) is 1. The fourth-order valence-corrected chi connectivity index (χ4v) is 5.37. The molecule has 0 saturated carbocycles. The van der Waals surface area contributed by atoms with Crippen molar-refractivity contribution in [2.45, 2.75) is 45.9 Å². The molecule has 6 aromatic rings. The molecule has 0 saturated heterocycles. The second kappa shape index (κ2) is 12.0. The van der Waals surface area contributed by atoms with Gasteiger partial charge in [0.2, 0.25) is 5.82 Å². The van der Waals surface area contributed by atoms with E-state index in [4.69, 9.17) is 9.72 Å². The van der Waals surface area contributed by atoms with E-state index in [1.807, 2.05) is 59.2 Å². The van der Waals surface area contributed by atoms with Crippen molar-refractivity contribution in [1.29, 1.82) is 0 Å². The van der Waals surface area contributed by atoms with E-state index in [-0.39, 0.29) is 0 Å². The second-order valence-electron chi connectivity index (χ2n) is 10.3. The van der Waals surface area contributed by atoms with Crippen LogP contribution in [0.15, 0.2) is 88.5 Å². The van der Waals surface area contributed by atoms with Crippen LogP contribution in [-0.2, 0) is 17.7 Å². The summed E-state index contributed by atoms with van der Waals surface area (Å²) in [7, 11) is 1.54. The van der Waals surface area contributed by atoms with Gasteiger partial charge in [0.05, 0.1) is 5.69 Å². The van der Waals surface area contributed by atoms with E-state index in [2.05, 4.69) is 27.5 Å². The number of aryl methyl sites for hydroxylation is 1. The molecule has 0 aliphatic rings. The van der Waals surface area contributed by atoms with Crippen LogP contribution in [0.1, 0.15) is 44.3 Å². The van der Waals surface area contributed by atoms with Gasteiger partial charge < -0.3 is 9.30 Å². The van der Waals surface area contributed by atoms with E-state index in [1.54, 1.807) is 31.2 Å². The molecule has 0 radical (unpaired) electrons. The summed E-state index contributed by atoms with van der Waals surface area (Å²) in [6.45, 7) is 4.30. The topological polar surface area (TPSA) is 126 Å². The Morgan fingerprint density at radius 1 is 0.930 bits per heavy atom. The first-order valence-electron chi connectivity index (χ1n) is 14.3. The summed E-state index contributed by atoms with van der Waals surface area (Å²) in [5.74, 6) is 1.28. The first-order chi connectivity index (χ1) is 21.0. The minimum atomic E-state index is -0.633. The predicted molar refractivity (Wildman–Crippen MR) is 164 cm³/mol. The second-order valence-corrected chi connectivity index (χ2v) is 10.3. The summed E-state index contributed by atoms with van der Waals surface area (Å²) in [4.78, 5) is 32.8. The van der Waals surface area contributed by atoms with Gasteiger partial charge in [-0.25, -0.2) is 18.9 Å². The van der Waals surface area contributed by atoms with Crippen LogP contribution in [0.5, 0.6) is 0 Å². The zero-order valence-corrected chi connectivity index (χ0v) is 24.3. The van der Waals surface area contributed by atoms with E-state index < -0.39 is 17.5 Å². The first kappa shape index (κ1) is 28.0. The monoisotopic (exact) mass is 576 g/mol. The van der Waals surface area contributed by atoms with Crippen molar-refractivity contribution in [3.63, 3.8) is 0 Å². The van der Waals surface area contributed by atoms with Crippen LogP contribution in [0.2, 0.25) is 0 Å². The summed E-state index contributed by atoms with van der Waals surface area (Å²) in [6, 6.07) is 25.0. The molecule has 11 nitrogen and oxygen atoms in total. The number of para-hydroxylation sites is 1. The Hall–Kier alpha value is -5.16. The molecule has 0 aliphatic carbocycles. The maximum atomic E-state index is 14.1. The van der Waals surface area contributed by atoms with E-state index in [0.717, 1.165) is 40.9 Å². The van der Waals surface area contributed by atoms with Crippen LogP contribution < -0.4 is 11.2 Å². The van der Waals surface area contributed by atoms with Gasteiger partial charge in [-0.3, -0.25) is 4.79 Å². The number of ether oxygens (including phenoxy) is 1. The number of benzene rings is 3. The summed E-state index contributed by atoms with van der Waals surface area (Å²) >= 11 is 0. The number of hydrogen-bond acceptors (Lipinski definition) is 7. The summed E-state index contributed by atoms with van der Waals surface area (Å²) < 4.78 is 10.2. The van der Waals surface area contributed by atoms with E-state index in [1.165, 1.54) is 16.2 Å². The van der Waals surface area contributed by atoms with Gasteiger partial charge in [0.1, 0.15) is 12.1 Å².